The summed E-state index contributed by atoms with van der Waals surface area (Å²) < 4.78 is 5.59. The molecule has 0 radical (unpaired) electrons. The molecule has 1 rings (SSSR count). The van der Waals surface area contributed by atoms with Crippen molar-refractivity contribution in [2.24, 2.45) is 11.8 Å². The molecule has 0 aromatic heterocycles. The Bertz CT molecular complexity index is 157. The normalized spacial score (nSPS) is 17.6. The minimum atomic E-state index is 0.864. The van der Waals surface area contributed by atoms with E-state index in [1.54, 1.807) is 0 Å². The van der Waals surface area contributed by atoms with Gasteiger partial charge < -0.3 is 10.1 Å². The molecule has 0 spiro atoms. The van der Waals surface area contributed by atoms with Gasteiger partial charge in [0.05, 0.1) is 6.61 Å². The van der Waals surface area contributed by atoms with Crippen molar-refractivity contribution in [1.29, 1.82) is 0 Å². The van der Waals surface area contributed by atoms with E-state index >= 15 is 0 Å². The summed E-state index contributed by atoms with van der Waals surface area (Å²) in [6, 6.07) is 0. The van der Waals surface area contributed by atoms with Gasteiger partial charge in [0.2, 0.25) is 0 Å². The monoisotopic (exact) mass is 227 g/mol. The average Bonchev–Trinajstić information content (AvgIpc) is 3.11. The summed E-state index contributed by atoms with van der Waals surface area (Å²) in [4.78, 5) is 0. The quantitative estimate of drug-likeness (QED) is 0.547. The van der Waals surface area contributed by atoms with Crippen LogP contribution in [0.2, 0.25) is 0 Å². The summed E-state index contributed by atoms with van der Waals surface area (Å²) >= 11 is 0. The van der Waals surface area contributed by atoms with Crippen LogP contribution >= 0.6 is 0 Å². The van der Waals surface area contributed by atoms with Crippen molar-refractivity contribution >= 4 is 0 Å². The summed E-state index contributed by atoms with van der Waals surface area (Å²) in [6.07, 6.45) is 8.16. The Kier molecular flexibility index (Phi) is 7.87. The lowest BCUT2D eigenvalue weighted by atomic mass is 9.99. The van der Waals surface area contributed by atoms with E-state index in [0.29, 0.717) is 0 Å². The summed E-state index contributed by atoms with van der Waals surface area (Å²) in [5.74, 6) is 1.76. The van der Waals surface area contributed by atoms with Gasteiger partial charge in [0, 0.05) is 13.2 Å². The van der Waals surface area contributed by atoms with Crippen LogP contribution in [0.1, 0.15) is 52.4 Å². The number of rotatable bonds is 11. The van der Waals surface area contributed by atoms with Crippen LogP contribution in [0.3, 0.4) is 0 Å². The minimum absolute atomic E-state index is 0.864. The number of hydrogen-bond donors (Lipinski definition) is 1. The molecule has 1 aliphatic rings. The zero-order valence-electron chi connectivity index (χ0n) is 11.1. The van der Waals surface area contributed by atoms with Crippen LogP contribution < -0.4 is 5.32 Å². The highest BCUT2D eigenvalue weighted by Gasteiger charge is 2.20. The van der Waals surface area contributed by atoms with Crippen molar-refractivity contribution in [2.45, 2.75) is 52.4 Å². The highest BCUT2D eigenvalue weighted by Crippen LogP contribution is 2.28. The molecule has 1 atom stereocenters. The Hall–Kier alpha value is -0.0800. The average molecular weight is 227 g/mol. The molecule has 0 saturated heterocycles. The summed E-state index contributed by atoms with van der Waals surface area (Å²) in [5.41, 5.74) is 0. The summed E-state index contributed by atoms with van der Waals surface area (Å²) in [5, 5.41) is 3.51. The fourth-order valence-electron chi connectivity index (χ4n) is 1.93. The standard InChI is InChI=1S/C14H29NO/c1-3-5-6-13(4-2)11-15-9-10-16-12-14-7-8-14/h13-15H,3-12H2,1-2H3. The van der Waals surface area contributed by atoms with Crippen molar-refractivity contribution in [3.63, 3.8) is 0 Å². The van der Waals surface area contributed by atoms with Crippen molar-refractivity contribution < 1.29 is 4.74 Å². The van der Waals surface area contributed by atoms with Gasteiger partial charge in [-0.25, -0.2) is 0 Å². The Morgan fingerprint density at radius 2 is 2.12 bits per heavy atom. The Morgan fingerprint density at radius 1 is 1.31 bits per heavy atom. The van der Waals surface area contributed by atoms with E-state index in [2.05, 4.69) is 19.2 Å². The molecule has 0 bridgehead atoms. The second-order valence-corrected chi connectivity index (χ2v) is 5.14. The van der Waals surface area contributed by atoms with Crippen LogP contribution in [0.15, 0.2) is 0 Å². The van der Waals surface area contributed by atoms with Crippen LogP contribution in [-0.2, 0) is 4.74 Å². The third kappa shape index (κ3) is 7.24. The SMILES string of the molecule is CCCCC(CC)CNCCOCC1CC1. The second kappa shape index (κ2) is 9.00. The predicted molar refractivity (Wildman–Crippen MR) is 69.7 cm³/mol. The molecule has 0 aliphatic heterocycles. The smallest absolute Gasteiger partial charge is 0.0591 e. The molecule has 1 aliphatic carbocycles. The van der Waals surface area contributed by atoms with Crippen molar-refractivity contribution in [3.8, 4) is 0 Å². The Balaban J connectivity index is 1.83. The molecule has 1 unspecified atom stereocenters. The van der Waals surface area contributed by atoms with Crippen LogP contribution in [0.5, 0.6) is 0 Å². The molecule has 0 aromatic carbocycles. The van der Waals surface area contributed by atoms with Gasteiger partial charge in [0.25, 0.3) is 0 Å². The first-order valence-corrected chi connectivity index (χ1v) is 7.15. The summed E-state index contributed by atoms with van der Waals surface area (Å²) in [7, 11) is 0. The molecule has 2 nitrogen and oxygen atoms in total. The topological polar surface area (TPSA) is 21.3 Å². The zero-order valence-corrected chi connectivity index (χ0v) is 11.1. The number of unbranched alkanes of at least 4 members (excludes halogenated alkanes) is 1. The van der Waals surface area contributed by atoms with E-state index in [-0.39, 0.29) is 0 Å². The van der Waals surface area contributed by atoms with E-state index in [1.807, 2.05) is 0 Å². The van der Waals surface area contributed by atoms with Crippen molar-refractivity contribution in [3.05, 3.63) is 0 Å². The first-order chi connectivity index (χ1) is 7.86. The molecule has 0 heterocycles. The molecular formula is C14H29NO. The molecule has 0 amide bonds. The molecule has 96 valence electrons. The van der Waals surface area contributed by atoms with Crippen LogP contribution in [0.25, 0.3) is 0 Å². The Morgan fingerprint density at radius 3 is 2.75 bits per heavy atom. The van der Waals surface area contributed by atoms with Gasteiger partial charge in [0.1, 0.15) is 0 Å². The van der Waals surface area contributed by atoms with Gasteiger partial charge in [-0.2, -0.15) is 0 Å². The molecular weight excluding hydrogens is 198 g/mol. The summed E-state index contributed by atoms with van der Waals surface area (Å²) in [6.45, 7) is 8.64. The number of hydrogen-bond acceptors (Lipinski definition) is 2. The number of ether oxygens (including phenoxy) is 1. The first kappa shape index (κ1) is 14.0. The van der Waals surface area contributed by atoms with Crippen LogP contribution in [0.4, 0.5) is 0 Å². The molecule has 16 heavy (non-hydrogen) atoms. The van der Waals surface area contributed by atoms with E-state index in [9.17, 15) is 0 Å². The second-order valence-electron chi connectivity index (χ2n) is 5.14. The van der Waals surface area contributed by atoms with E-state index in [0.717, 1.165) is 31.6 Å². The van der Waals surface area contributed by atoms with E-state index < -0.39 is 0 Å². The molecule has 0 aromatic rings. The maximum atomic E-state index is 5.59. The minimum Gasteiger partial charge on any atom is -0.380 e. The third-order valence-corrected chi connectivity index (χ3v) is 3.45. The van der Waals surface area contributed by atoms with Crippen molar-refractivity contribution in [1.82, 2.24) is 5.32 Å². The maximum absolute atomic E-state index is 5.59. The van der Waals surface area contributed by atoms with Crippen LogP contribution in [-0.4, -0.2) is 26.3 Å². The highest BCUT2D eigenvalue weighted by atomic mass is 16.5. The van der Waals surface area contributed by atoms with Crippen LogP contribution in [0, 0.1) is 11.8 Å². The van der Waals surface area contributed by atoms with Crippen molar-refractivity contribution in [2.75, 3.05) is 26.3 Å². The lowest BCUT2D eigenvalue weighted by molar-refractivity contribution is 0.125. The van der Waals surface area contributed by atoms with Gasteiger partial charge >= 0.3 is 0 Å². The molecule has 1 fully saturated rings. The Labute approximate surface area is 101 Å². The molecule has 1 N–H and O–H groups in total. The van der Waals surface area contributed by atoms with E-state index in [1.165, 1.54) is 45.1 Å². The predicted octanol–water partition coefficient (Wildman–Crippen LogP) is 3.22. The number of nitrogens with one attached hydrogen (secondary N) is 1. The largest absolute Gasteiger partial charge is 0.380 e. The first-order valence-electron chi connectivity index (χ1n) is 7.15. The van der Waals surface area contributed by atoms with E-state index in [4.69, 9.17) is 4.74 Å². The fraction of sp³-hybridized carbons (Fsp3) is 1.00. The third-order valence-electron chi connectivity index (χ3n) is 3.45. The maximum Gasteiger partial charge on any atom is 0.0591 e. The van der Waals surface area contributed by atoms with Gasteiger partial charge in [-0.05, 0) is 37.6 Å². The van der Waals surface area contributed by atoms with Gasteiger partial charge in [0.15, 0.2) is 0 Å². The molecule has 2 heteroatoms. The van der Waals surface area contributed by atoms with Gasteiger partial charge in [-0.3, -0.25) is 0 Å². The molecule has 1 saturated carbocycles. The van der Waals surface area contributed by atoms with Gasteiger partial charge in [-0.1, -0.05) is 33.1 Å². The fourth-order valence-corrected chi connectivity index (χ4v) is 1.93. The lowest BCUT2D eigenvalue weighted by Crippen LogP contribution is -2.26. The zero-order chi connectivity index (χ0) is 11.6. The van der Waals surface area contributed by atoms with Gasteiger partial charge in [-0.15, -0.1) is 0 Å². The highest BCUT2D eigenvalue weighted by molar-refractivity contribution is 4.72. The lowest BCUT2D eigenvalue weighted by Gasteiger charge is -2.15.